The van der Waals surface area contributed by atoms with Crippen LogP contribution in [0.4, 0.5) is 5.82 Å². The molecule has 39 heavy (non-hydrogen) atoms. The lowest BCUT2D eigenvalue weighted by molar-refractivity contribution is -0.122. The summed E-state index contributed by atoms with van der Waals surface area (Å²) in [5, 5.41) is 12.1. The number of thioether (sulfide) groups is 1. The fourth-order valence-electron chi connectivity index (χ4n) is 4.54. The van der Waals surface area contributed by atoms with E-state index in [0.717, 1.165) is 33.8 Å². The molecule has 0 fully saturated rings. The van der Waals surface area contributed by atoms with Crippen molar-refractivity contribution in [3.8, 4) is 22.7 Å². The van der Waals surface area contributed by atoms with Crippen LogP contribution in [0.5, 0.6) is 5.75 Å². The maximum Gasteiger partial charge on any atom is 0.240 e. The first-order valence-corrected chi connectivity index (χ1v) is 14.6. The fourth-order valence-corrected chi connectivity index (χ4v) is 6.50. The van der Waals surface area contributed by atoms with Crippen LogP contribution >= 0.6 is 23.1 Å². The molecular weight excluding hydrogens is 530 g/mol. The highest BCUT2D eigenvalue weighted by Gasteiger charge is 2.37. The summed E-state index contributed by atoms with van der Waals surface area (Å²) in [6, 6.07) is 19.7. The number of hydrogen-bond donors (Lipinski definition) is 1. The highest BCUT2D eigenvalue weighted by atomic mass is 32.2. The number of carbonyl (C=O) groups is 2. The molecule has 4 aromatic rings. The summed E-state index contributed by atoms with van der Waals surface area (Å²) in [7, 11) is 5.54. The molecule has 1 unspecified atom stereocenters. The average molecular weight is 562 g/mol. The SMILES string of the molecule is COc1ccc(-n2nc(-c3ccccc3)c3c2N(CC(=O)NCCN(C)C)C(=O)CSC3c2ccsc2)cc1. The Morgan fingerprint density at radius 3 is 2.56 bits per heavy atom. The first-order chi connectivity index (χ1) is 19.0. The number of nitrogens with zero attached hydrogens (tertiary/aromatic N) is 4. The molecular formula is C29H31N5O3S2. The number of aromatic nitrogens is 2. The maximum absolute atomic E-state index is 13.7. The lowest BCUT2D eigenvalue weighted by Crippen LogP contribution is -2.43. The quantitative estimate of drug-likeness (QED) is 0.325. The molecule has 0 bridgehead atoms. The number of anilines is 1. The van der Waals surface area contributed by atoms with Crippen LogP contribution < -0.4 is 15.0 Å². The smallest absolute Gasteiger partial charge is 0.240 e. The highest BCUT2D eigenvalue weighted by Crippen LogP contribution is 2.48. The predicted octanol–water partition coefficient (Wildman–Crippen LogP) is 4.46. The van der Waals surface area contributed by atoms with Gasteiger partial charge in [-0.1, -0.05) is 30.3 Å². The molecule has 5 rings (SSSR count). The molecule has 10 heteroatoms. The summed E-state index contributed by atoms with van der Waals surface area (Å²) in [6.07, 6.45) is 0. The van der Waals surface area contributed by atoms with E-state index in [0.29, 0.717) is 18.9 Å². The zero-order valence-corrected chi connectivity index (χ0v) is 23.8. The van der Waals surface area contributed by atoms with Crippen LogP contribution in [0, 0.1) is 0 Å². The van der Waals surface area contributed by atoms with Gasteiger partial charge in [0, 0.05) is 24.2 Å². The van der Waals surface area contributed by atoms with Crippen LogP contribution in [0.15, 0.2) is 71.4 Å². The maximum atomic E-state index is 13.7. The summed E-state index contributed by atoms with van der Waals surface area (Å²) >= 11 is 3.20. The van der Waals surface area contributed by atoms with Crippen molar-refractivity contribution in [3.63, 3.8) is 0 Å². The molecule has 0 radical (unpaired) electrons. The van der Waals surface area contributed by atoms with Crippen molar-refractivity contribution >= 4 is 40.7 Å². The van der Waals surface area contributed by atoms with Crippen molar-refractivity contribution in [2.75, 3.05) is 51.5 Å². The standard InChI is InChI=1S/C29H31N5O3S2/c1-32(2)15-14-30-24(35)17-33-25(36)19-39-28(21-13-16-38-18-21)26-27(20-7-5-4-6-8-20)31-34(29(26)33)22-9-11-23(37-3)12-10-22/h4-13,16,18,28H,14-15,17,19H2,1-3H3,(H,30,35). The first-order valence-electron chi connectivity index (χ1n) is 12.6. The predicted molar refractivity (Wildman–Crippen MR) is 158 cm³/mol. The van der Waals surface area contributed by atoms with Crippen LogP contribution in [-0.4, -0.2) is 73.1 Å². The molecule has 0 saturated carbocycles. The number of benzene rings is 2. The van der Waals surface area contributed by atoms with Gasteiger partial charge in [0.15, 0.2) is 0 Å². The van der Waals surface area contributed by atoms with E-state index in [1.165, 1.54) is 0 Å². The van der Waals surface area contributed by atoms with Gasteiger partial charge in [0.25, 0.3) is 0 Å². The number of rotatable bonds is 9. The first kappa shape index (κ1) is 27.0. The number of ether oxygens (including phenoxy) is 1. The molecule has 202 valence electrons. The summed E-state index contributed by atoms with van der Waals surface area (Å²) in [5.41, 5.74) is 4.55. The Morgan fingerprint density at radius 2 is 1.90 bits per heavy atom. The lowest BCUT2D eigenvalue weighted by Gasteiger charge is -2.23. The molecule has 2 aromatic heterocycles. The van der Waals surface area contributed by atoms with E-state index < -0.39 is 0 Å². The second-order valence-corrected chi connectivity index (χ2v) is 11.3. The van der Waals surface area contributed by atoms with Crippen LogP contribution in [0.3, 0.4) is 0 Å². The summed E-state index contributed by atoms with van der Waals surface area (Å²) in [5.74, 6) is 1.25. The third-order valence-electron chi connectivity index (χ3n) is 6.48. The highest BCUT2D eigenvalue weighted by molar-refractivity contribution is 8.00. The van der Waals surface area contributed by atoms with E-state index in [9.17, 15) is 9.59 Å². The second-order valence-electron chi connectivity index (χ2n) is 9.44. The van der Waals surface area contributed by atoms with Crippen LogP contribution in [0.2, 0.25) is 0 Å². The van der Waals surface area contributed by atoms with Gasteiger partial charge in [-0.3, -0.25) is 14.5 Å². The van der Waals surface area contributed by atoms with Crippen LogP contribution in [0.1, 0.15) is 16.4 Å². The van der Waals surface area contributed by atoms with Crippen molar-refractivity contribution in [2.24, 2.45) is 0 Å². The van der Waals surface area contributed by atoms with Gasteiger partial charge in [-0.2, -0.15) is 16.4 Å². The molecule has 1 aliphatic rings. The average Bonchev–Trinajstić information content (AvgIpc) is 3.59. The normalized spacial score (nSPS) is 15.2. The number of nitrogens with one attached hydrogen (secondary N) is 1. The molecule has 0 saturated heterocycles. The minimum atomic E-state index is -0.209. The second kappa shape index (κ2) is 12.1. The van der Waals surface area contributed by atoms with Crippen molar-refractivity contribution < 1.29 is 14.3 Å². The van der Waals surface area contributed by atoms with Crippen molar-refractivity contribution in [1.82, 2.24) is 20.0 Å². The molecule has 8 nitrogen and oxygen atoms in total. The number of likely N-dealkylation sites (N-methyl/N-ethyl adjacent to an activating group) is 1. The Labute approximate surface area is 236 Å². The summed E-state index contributed by atoms with van der Waals surface area (Å²) in [4.78, 5) is 30.4. The van der Waals surface area contributed by atoms with E-state index in [-0.39, 0.29) is 29.4 Å². The summed E-state index contributed by atoms with van der Waals surface area (Å²) < 4.78 is 7.17. The Hall–Kier alpha value is -3.60. The molecule has 1 N–H and O–H groups in total. The Kier molecular flexibility index (Phi) is 8.35. The molecule has 2 aromatic carbocycles. The van der Waals surface area contributed by atoms with Gasteiger partial charge < -0.3 is 15.0 Å². The zero-order valence-electron chi connectivity index (χ0n) is 22.2. The van der Waals surface area contributed by atoms with Gasteiger partial charge in [-0.15, -0.1) is 11.8 Å². The van der Waals surface area contributed by atoms with Crippen LogP contribution in [0.25, 0.3) is 16.9 Å². The van der Waals surface area contributed by atoms with Gasteiger partial charge in [0.1, 0.15) is 18.1 Å². The van der Waals surface area contributed by atoms with Crippen LogP contribution in [-0.2, 0) is 9.59 Å². The van der Waals surface area contributed by atoms with E-state index >= 15 is 0 Å². The lowest BCUT2D eigenvalue weighted by atomic mass is 10.0. The Bertz CT molecular complexity index is 1420. The van der Waals surface area contributed by atoms with Gasteiger partial charge in [-0.25, -0.2) is 4.68 Å². The van der Waals surface area contributed by atoms with Gasteiger partial charge in [0.2, 0.25) is 11.8 Å². The third-order valence-corrected chi connectivity index (χ3v) is 8.44. The molecule has 3 heterocycles. The van der Waals surface area contributed by atoms with E-state index in [1.54, 1.807) is 39.8 Å². The molecule has 0 spiro atoms. The summed E-state index contributed by atoms with van der Waals surface area (Å²) in [6.45, 7) is 1.12. The van der Waals surface area contributed by atoms with Crippen molar-refractivity contribution in [2.45, 2.75) is 5.25 Å². The fraction of sp³-hybridized carbons (Fsp3) is 0.276. The Balaban J connectivity index is 1.69. The van der Waals surface area contributed by atoms with Gasteiger partial charge in [0.05, 0.1) is 29.5 Å². The van der Waals surface area contributed by atoms with Crippen molar-refractivity contribution in [1.29, 1.82) is 0 Å². The number of fused-ring (bicyclic) bond motifs is 1. The van der Waals surface area contributed by atoms with E-state index in [2.05, 4.69) is 16.8 Å². The van der Waals surface area contributed by atoms with Crippen molar-refractivity contribution in [3.05, 3.63) is 82.6 Å². The minimum Gasteiger partial charge on any atom is -0.497 e. The molecule has 1 aliphatic heterocycles. The van der Waals surface area contributed by atoms with Gasteiger partial charge in [-0.05, 0) is 60.8 Å². The number of carbonyl (C=O) groups excluding carboxylic acids is 2. The molecule has 0 aliphatic carbocycles. The number of hydrogen-bond acceptors (Lipinski definition) is 7. The minimum absolute atomic E-state index is 0.0910. The zero-order chi connectivity index (χ0) is 27.4. The van der Waals surface area contributed by atoms with E-state index in [1.807, 2.05) is 79.0 Å². The Morgan fingerprint density at radius 1 is 1.13 bits per heavy atom. The van der Waals surface area contributed by atoms with Gasteiger partial charge >= 0.3 is 0 Å². The molecule has 1 atom stereocenters. The number of amides is 2. The third kappa shape index (κ3) is 5.88. The largest absolute Gasteiger partial charge is 0.497 e. The number of methoxy groups -OCH3 is 1. The van der Waals surface area contributed by atoms with E-state index in [4.69, 9.17) is 9.84 Å². The topological polar surface area (TPSA) is 79.7 Å². The molecule has 2 amide bonds. The number of thiophene rings is 1. The monoisotopic (exact) mass is 561 g/mol.